The van der Waals surface area contributed by atoms with Gasteiger partial charge in [-0.25, -0.2) is 0 Å². The van der Waals surface area contributed by atoms with Gasteiger partial charge in [-0.05, 0) is 30.6 Å². The second-order valence-corrected chi connectivity index (χ2v) is 7.50. The third kappa shape index (κ3) is 4.55. The number of carbonyl (C=O) groups is 1. The van der Waals surface area contributed by atoms with Crippen LogP contribution in [-0.4, -0.2) is 28.8 Å². The number of amides is 1. The minimum Gasteiger partial charge on any atom is -0.454 e. The van der Waals surface area contributed by atoms with Crippen molar-refractivity contribution in [1.82, 2.24) is 14.9 Å². The van der Waals surface area contributed by atoms with Crippen LogP contribution < -0.4 is 20.3 Å². The van der Waals surface area contributed by atoms with Gasteiger partial charge in [-0.2, -0.15) is 0 Å². The maximum atomic E-state index is 12.8. The highest BCUT2D eigenvalue weighted by atomic mass is 32.1. The van der Waals surface area contributed by atoms with Gasteiger partial charge in [0.1, 0.15) is 0 Å². The van der Waals surface area contributed by atoms with Crippen LogP contribution in [0.25, 0.3) is 10.9 Å². The van der Waals surface area contributed by atoms with Crippen molar-refractivity contribution in [2.45, 2.75) is 52.5 Å². The summed E-state index contributed by atoms with van der Waals surface area (Å²) in [4.78, 5) is 28.1. The molecule has 1 atom stereocenters. The van der Waals surface area contributed by atoms with E-state index in [-0.39, 0.29) is 31.2 Å². The van der Waals surface area contributed by atoms with Gasteiger partial charge in [0, 0.05) is 25.6 Å². The molecule has 0 aliphatic carbocycles. The first-order valence-corrected chi connectivity index (χ1v) is 10.3. The van der Waals surface area contributed by atoms with Gasteiger partial charge >= 0.3 is 0 Å². The molecular formula is C20H27N3O4S. The molecule has 0 saturated carbocycles. The number of H-pyrrole nitrogens is 1. The average Bonchev–Trinajstić information content (AvgIpc) is 3.14. The number of aromatic nitrogens is 2. The number of nitrogens with zero attached hydrogens (tertiary/aromatic N) is 1. The predicted octanol–water partition coefficient (Wildman–Crippen LogP) is 3.51. The first kappa shape index (κ1) is 20.4. The lowest BCUT2D eigenvalue weighted by Crippen LogP contribution is -2.31. The predicted molar refractivity (Wildman–Crippen MR) is 110 cm³/mol. The SMILES string of the molecule is CCCCC(CC)CNC(=O)CCn1c(=S)[nH]c2cc3c(cc2c1=O)OCO3. The quantitative estimate of drug-likeness (QED) is 0.624. The molecule has 1 aromatic carbocycles. The van der Waals surface area contributed by atoms with Crippen LogP contribution in [-0.2, 0) is 11.3 Å². The number of hydrogen-bond donors (Lipinski definition) is 2. The van der Waals surface area contributed by atoms with E-state index in [1.54, 1.807) is 12.1 Å². The first-order chi connectivity index (χ1) is 13.5. The number of benzene rings is 1. The summed E-state index contributed by atoms with van der Waals surface area (Å²) in [6.07, 6.45) is 4.71. The number of hydrogen-bond acceptors (Lipinski definition) is 5. The molecule has 2 N–H and O–H groups in total. The normalized spacial score (nSPS) is 13.6. The van der Waals surface area contributed by atoms with E-state index in [4.69, 9.17) is 21.7 Å². The summed E-state index contributed by atoms with van der Waals surface area (Å²) in [5.74, 6) is 1.56. The molecule has 2 aromatic rings. The standard InChI is InChI=1S/C20H27N3O4S/c1-3-5-6-13(4-2)11-21-18(24)7-8-23-19(25)14-9-16-17(27-12-26-16)10-15(14)22-20(23)28/h9-10,13H,3-8,11-12H2,1-2H3,(H,21,24)(H,22,28). The van der Waals surface area contributed by atoms with E-state index in [1.165, 1.54) is 11.0 Å². The molecule has 8 heteroatoms. The molecule has 0 radical (unpaired) electrons. The Kier molecular flexibility index (Phi) is 6.72. The fourth-order valence-corrected chi connectivity index (χ4v) is 3.63. The van der Waals surface area contributed by atoms with Crippen LogP contribution in [0.3, 0.4) is 0 Å². The third-order valence-corrected chi connectivity index (χ3v) is 5.49. The Bertz CT molecular complexity index is 966. The zero-order chi connectivity index (χ0) is 20.1. The van der Waals surface area contributed by atoms with Crippen LogP contribution in [0.1, 0.15) is 46.0 Å². The molecule has 0 saturated heterocycles. The molecule has 7 nitrogen and oxygen atoms in total. The minimum atomic E-state index is -0.237. The van der Waals surface area contributed by atoms with Crippen molar-refractivity contribution in [2.24, 2.45) is 5.92 Å². The van der Waals surface area contributed by atoms with E-state index < -0.39 is 0 Å². The summed E-state index contributed by atoms with van der Waals surface area (Å²) in [5, 5.41) is 3.45. The number of nitrogens with one attached hydrogen (secondary N) is 2. The molecule has 0 spiro atoms. The van der Waals surface area contributed by atoms with E-state index in [0.29, 0.717) is 39.6 Å². The first-order valence-electron chi connectivity index (χ1n) is 9.86. The van der Waals surface area contributed by atoms with E-state index in [1.807, 2.05) is 0 Å². The molecule has 1 aliphatic heterocycles. The second-order valence-electron chi connectivity index (χ2n) is 7.11. The highest BCUT2D eigenvalue weighted by molar-refractivity contribution is 7.71. The van der Waals surface area contributed by atoms with Gasteiger partial charge < -0.3 is 19.8 Å². The largest absolute Gasteiger partial charge is 0.454 e. The fraction of sp³-hybridized carbons (Fsp3) is 0.550. The summed E-state index contributed by atoms with van der Waals surface area (Å²) in [6, 6.07) is 3.37. The van der Waals surface area contributed by atoms with Crippen LogP contribution in [0.4, 0.5) is 0 Å². The van der Waals surface area contributed by atoms with Gasteiger partial charge in [0.05, 0.1) is 10.9 Å². The summed E-state index contributed by atoms with van der Waals surface area (Å²) in [7, 11) is 0. The topological polar surface area (TPSA) is 85.4 Å². The lowest BCUT2D eigenvalue weighted by molar-refractivity contribution is -0.121. The minimum absolute atomic E-state index is 0.0676. The number of unbranched alkanes of at least 4 members (excludes halogenated alkanes) is 1. The molecule has 0 bridgehead atoms. The lowest BCUT2D eigenvalue weighted by atomic mass is 9.99. The van der Waals surface area contributed by atoms with Crippen molar-refractivity contribution < 1.29 is 14.3 Å². The zero-order valence-corrected chi connectivity index (χ0v) is 17.2. The van der Waals surface area contributed by atoms with Crippen LogP contribution in [0.15, 0.2) is 16.9 Å². The highest BCUT2D eigenvalue weighted by Crippen LogP contribution is 2.34. The van der Waals surface area contributed by atoms with Crippen molar-refractivity contribution in [3.05, 3.63) is 27.3 Å². The molecular weight excluding hydrogens is 378 g/mol. The van der Waals surface area contributed by atoms with Gasteiger partial charge in [-0.3, -0.25) is 14.2 Å². The molecule has 28 heavy (non-hydrogen) atoms. The van der Waals surface area contributed by atoms with E-state index in [2.05, 4.69) is 24.1 Å². The Hall–Kier alpha value is -2.35. The van der Waals surface area contributed by atoms with Crippen molar-refractivity contribution in [3.8, 4) is 11.5 Å². The molecule has 1 unspecified atom stereocenters. The van der Waals surface area contributed by atoms with E-state index in [0.717, 1.165) is 19.3 Å². The van der Waals surface area contributed by atoms with E-state index >= 15 is 0 Å². The van der Waals surface area contributed by atoms with E-state index in [9.17, 15) is 9.59 Å². The average molecular weight is 406 g/mol. The Morgan fingerprint density at radius 3 is 2.79 bits per heavy atom. The summed E-state index contributed by atoms with van der Waals surface area (Å²) in [6.45, 7) is 5.36. The number of carbonyl (C=O) groups excluding carboxylic acids is 1. The fourth-order valence-electron chi connectivity index (χ4n) is 3.35. The van der Waals surface area contributed by atoms with Crippen molar-refractivity contribution >= 4 is 29.0 Å². The smallest absolute Gasteiger partial charge is 0.262 e. The van der Waals surface area contributed by atoms with Crippen molar-refractivity contribution in [2.75, 3.05) is 13.3 Å². The molecule has 0 fully saturated rings. The number of rotatable bonds is 9. The summed E-state index contributed by atoms with van der Waals surface area (Å²) in [5.41, 5.74) is 0.362. The van der Waals surface area contributed by atoms with Gasteiger partial charge in [0.2, 0.25) is 12.7 Å². The third-order valence-electron chi connectivity index (χ3n) is 5.17. The lowest BCUT2D eigenvalue weighted by Gasteiger charge is -2.15. The van der Waals surface area contributed by atoms with Gasteiger partial charge in [-0.15, -0.1) is 0 Å². The molecule has 1 aromatic heterocycles. The maximum Gasteiger partial charge on any atom is 0.262 e. The second kappa shape index (κ2) is 9.23. The molecule has 2 heterocycles. The summed E-state index contributed by atoms with van der Waals surface area (Å²) >= 11 is 5.32. The van der Waals surface area contributed by atoms with Crippen LogP contribution in [0, 0.1) is 10.7 Å². The van der Waals surface area contributed by atoms with Gasteiger partial charge in [0.15, 0.2) is 16.3 Å². The number of fused-ring (bicyclic) bond motifs is 2. The zero-order valence-electron chi connectivity index (χ0n) is 16.4. The van der Waals surface area contributed by atoms with Crippen LogP contribution >= 0.6 is 12.2 Å². The highest BCUT2D eigenvalue weighted by Gasteiger charge is 2.17. The van der Waals surface area contributed by atoms with Gasteiger partial charge in [-0.1, -0.05) is 33.1 Å². The molecule has 3 rings (SSSR count). The van der Waals surface area contributed by atoms with Crippen LogP contribution in [0.2, 0.25) is 0 Å². The Morgan fingerprint density at radius 2 is 2.07 bits per heavy atom. The Morgan fingerprint density at radius 1 is 1.32 bits per heavy atom. The van der Waals surface area contributed by atoms with Crippen LogP contribution in [0.5, 0.6) is 11.5 Å². The Labute approximate surface area is 169 Å². The van der Waals surface area contributed by atoms with Crippen molar-refractivity contribution in [3.63, 3.8) is 0 Å². The molecule has 152 valence electrons. The Balaban J connectivity index is 1.67. The maximum absolute atomic E-state index is 12.8. The number of aromatic amines is 1. The number of ether oxygens (including phenoxy) is 2. The van der Waals surface area contributed by atoms with Gasteiger partial charge in [0.25, 0.3) is 5.56 Å². The summed E-state index contributed by atoms with van der Waals surface area (Å²) < 4.78 is 12.4. The monoisotopic (exact) mass is 405 g/mol. The molecule has 1 aliphatic rings. The van der Waals surface area contributed by atoms with Crippen molar-refractivity contribution in [1.29, 1.82) is 0 Å². The molecule has 1 amide bonds.